The Kier molecular flexibility index (Phi) is 5.25. The van der Waals surface area contributed by atoms with Gasteiger partial charge in [0.15, 0.2) is 0 Å². The topological polar surface area (TPSA) is 24.9 Å². The molecule has 0 saturated carbocycles. The molecule has 112 valence electrons. The van der Waals surface area contributed by atoms with Crippen LogP contribution in [0.3, 0.4) is 0 Å². The number of hydrogen-bond acceptors (Lipinski definition) is 3. The predicted molar refractivity (Wildman–Crippen MR) is 86.4 cm³/mol. The van der Waals surface area contributed by atoms with Crippen LogP contribution < -0.4 is 5.32 Å². The Morgan fingerprint density at radius 3 is 2.67 bits per heavy atom. The van der Waals surface area contributed by atoms with E-state index in [4.69, 9.17) is 11.6 Å². The zero-order valence-corrected chi connectivity index (χ0v) is 13.9. The third-order valence-electron chi connectivity index (χ3n) is 2.80. The molecule has 0 saturated heterocycles. The highest BCUT2D eigenvalue weighted by atomic mass is 35.5. The summed E-state index contributed by atoms with van der Waals surface area (Å²) in [5.41, 5.74) is 0.562. The van der Waals surface area contributed by atoms with Crippen LogP contribution in [0.4, 0.5) is 4.39 Å². The van der Waals surface area contributed by atoms with Crippen LogP contribution in [0.5, 0.6) is 0 Å². The summed E-state index contributed by atoms with van der Waals surface area (Å²) in [6.45, 7) is 6.62. The lowest BCUT2D eigenvalue weighted by atomic mass is 10.1. The monoisotopic (exact) mass is 324 g/mol. The zero-order chi connectivity index (χ0) is 15.5. The van der Waals surface area contributed by atoms with Gasteiger partial charge in [-0.25, -0.2) is 9.37 Å². The van der Waals surface area contributed by atoms with Gasteiger partial charge < -0.3 is 5.32 Å². The molecule has 0 fully saturated rings. The zero-order valence-electron chi connectivity index (χ0n) is 12.3. The first kappa shape index (κ1) is 16.3. The lowest BCUT2D eigenvalue weighted by Gasteiger charge is -2.21. The maximum absolute atomic E-state index is 14.1. The van der Waals surface area contributed by atoms with Crippen LogP contribution in [0, 0.1) is 5.82 Å². The van der Waals surface area contributed by atoms with Gasteiger partial charge in [-0.05, 0) is 45.0 Å². The van der Waals surface area contributed by atoms with Crippen LogP contribution in [0.1, 0.15) is 26.3 Å². The van der Waals surface area contributed by atoms with Gasteiger partial charge in [0.05, 0.1) is 5.02 Å². The molecule has 1 aromatic carbocycles. The highest BCUT2D eigenvalue weighted by Gasteiger charge is 2.15. The van der Waals surface area contributed by atoms with Crippen LogP contribution in [0.2, 0.25) is 5.02 Å². The number of hydrogen-bond donors (Lipinski definition) is 1. The molecule has 0 amide bonds. The first-order chi connectivity index (χ1) is 9.87. The largest absolute Gasteiger partial charge is 0.308 e. The number of nitrogens with one attached hydrogen (secondary N) is 1. The SMILES string of the molecule is CC(C)(C)NCc1c(F)cccc1Sc1ncccc1Cl. The Hall–Kier alpha value is -1.10. The molecule has 2 aromatic rings. The van der Waals surface area contributed by atoms with Gasteiger partial charge >= 0.3 is 0 Å². The first-order valence-corrected chi connectivity index (χ1v) is 7.87. The molecule has 5 heteroatoms. The summed E-state index contributed by atoms with van der Waals surface area (Å²) in [5, 5.41) is 4.57. The van der Waals surface area contributed by atoms with Crippen LogP contribution in [-0.4, -0.2) is 10.5 Å². The van der Waals surface area contributed by atoms with E-state index < -0.39 is 0 Å². The average Bonchev–Trinajstić information content (AvgIpc) is 2.39. The minimum absolute atomic E-state index is 0.0765. The van der Waals surface area contributed by atoms with Crippen LogP contribution in [0.15, 0.2) is 46.5 Å². The fourth-order valence-electron chi connectivity index (χ4n) is 1.71. The number of rotatable bonds is 4. The van der Waals surface area contributed by atoms with Gasteiger partial charge in [0, 0.05) is 28.7 Å². The Morgan fingerprint density at radius 1 is 1.24 bits per heavy atom. The summed E-state index contributed by atoms with van der Waals surface area (Å²) in [6, 6.07) is 8.63. The van der Waals surface area contributed by atoms with Gasteiger partial charge in [-0.15, -0.1) is 0 Å². The molecule has 0 aliphatic heterocycles. The van der Waals surface area contributed by atoms with Crippen molar-refractivity contribution < 1.29 is 4.39 Å². The van der Waals surface area contributed by atoms with Crippen molar-refractivity contribution in [3.8, 4) is 0 Å². The van der Waals surface area contributed by atoms with Gasteiger partial charge in [0.25, 0.3) is 0 Å². The van der Waals surface area contributed by atoms with E-state index in [2.05, 4.69) is 31.1 Å². The van der Waals surface area contributed by atoms with Crippen molar-refractivity contribution in [2.75, 3.05) is 0 Å². The lowest BCUT2D eigenvalue weighted by Crippen LogP contribution is -2.35. The normalized spacial score (nSPS) is 11.7. The third kappa shape index (κ3) is 4.70. The molecule has 21 heavy (non-hydrogen) atoms. The van der Waals surface area contributed by atoms with Crippen LogP contribution in [0.25, 0.3) is 0 Å². The number of aromatic nitrogens is 1. The molecule has 0 radical (unpaired) electrons. The van der Waals surface area contributed by atoms with E-state index in [-0.39, 0.29) is 11.4 Å². The smallest absolute Gasteiger partial charge is 0.128 e. The van der Waals surface area contributed by atoms with Gasteiger partial charge in [-0.2, -0.15) is 0 Å². The molecule has 0 atom stereocenters. The number of nitrogens with zero attached hydrogens (tertiary/aromatic N) is 1. The molecule has 0 bridgehead atoms. The first-order valence-electron chi connectivity index (χ1n) is 6.67. The van der Waals surface area contributed by atoms with Crippen LogP contribution >= 0.6 is 23.4 Å². The van der Waals surface area contributed by atoms with E-state index in [1.165, 1.54) is 17.8 Å². The minimum Gasteiger partial charge on any atom is -0.308 e. The molecule has 0 aliphatic carbocycles. The molecular formula is C16H18ClFN2S. The summed E-state index contributed by atoms with van der Waals surface area (Å²) in [5.74, 6) is -0.219. The highest BCUT2D eigenvalue weighted by Crippen LogP contribution is 2.34. The third-order valence-corrected chi connectivity index (χ3v) is 4.34. The van der Waals surface area contributed by atoms with Crippen molar-refractivity contribution in [1.29, 1.82) is 0 Å². The Bertz CT molecular complexity index is 626. The molecular weight excluding hydrogens is 307 g/mol. The van der Waals surface area contributed by atoms with Crippen molar-refractivity contribution in [3.05, 3.63) is 52.9 Å². The number of benzene rings is 1. The summed E-state index contributed by atoms with van der Waals surface area (Å²) in [4.78, 5) is 5.07. The molecule has 1 N–H and O–H groups in total. The molecule has 1 aromatic heterocycles. The quantitative estimate of drug-likeness (QED) is 0.864. The minimum atomic E-state index is -0.219. The number of halogens is 2. The van der Waals surface area contributed by atoms with Crippen molar-refractivity contribution in [1.82, 2.24) is 10.3 Å². The Labute approximate surface area is 134 Å². The summed E-state index contributed by atoms with van der Waals surface area (Å²) in [6.07, 6.45) is 1.68. The second-order valence-electron chi connectivity index (χ2n) is 5.71. The molecule has 2 nitrogen and oxygen atoms in total. The lowest BCUT2D eigenvalue weighted by molar-refractivity contribution is 0.416. The van der Waals surface area contributed by atoms with Crippen molar-refractivity contribution in [2.24, 2.45) is 0 Å². The van der Waals surface area contributed by atoms with Gasteiger partial charge in [0.1, 0.15) is 10.8 Å². The van der Waals surface area contributed by atoms with E-state index in [1.54, 1.807) is 24.4 Å². The average molecular weight is 325 g/mol. The molecule has 1 heterocycles. The fourth-order valence-corrected chi connectivity index (χ4v) is 2.87. The van der Waals surface area contributed by atoms with Gasteiger partial charge in [-0.1, -0.05) is 29.4 Å². The van der Waals surface area contributed by atoms with E-state index in [0.717, 1.165) is 4.90 Å². The van der Waals surface area contributed by atoms with E-state index in [1.807, 2.05) is 6.07 Å². The van der Waals surface area contributed by atoms with E-state index >= 15 is 0 Å². The second kappa shape index (κ2) is 6.77. The van der Waals surface area contributed by atoms with E-state index in [9.17, 15) is 4.39 Å². The molecule has 0 spiro atoms. The molecule has 0 unspecified atom stereocenters. The second-order valence-corrected chi connectivity index (χ2v) is 7.15. The summed E-state index contributed by atoms with van der Waals surface area (Å²) < 4.78 is 14.1. The van der Waals surface area contributed by atoms with Gasteiger partial charge in [0.2, 0.25) is 0 Å². The highest BCUT2D eigenvalue weighted by molar-refractivity contribution is 7.99. The molecule has 0 aliphatic rings. The summed E-state index contributed by atoms with van der Waals surface area (Å²) >= 11 is 7.51. The molecule has 2 rings (SSSR count). The Morgan fingerprint density at radius 2 is 2.00 bits per heavy atom. The van der Waals surface area contributed by atoms with Crippen molar-refractivity contribution in [3.63, 3.8) is 0 Å². The fraction of sp³-hybridized carbons (Fsp3) is 0.312. The van der Waals surface area contributed by atoms with Crippen molar-refractivity contribution >= 4 is 23.4 Å². The Balaban J connectivity index is 2.27. The maximum atomic E-state index is 14.1. The van der Waals surface area contributed by atoms with E-state index in [0.29, 0.717) is 22.2 Å². The summed E-state index contributed by atoms with van der Waals surface area (Å²) in [7, 11) is 0. The van der Waals surface area contributed by atoms with Gasteiger partial charge in [-0.3, -0.25) is 0 Å². The maximum Gasteiger partial charge on any atom is 0.128 e. The van der Waals surface area contributed by atoms with Crippen LogP contribution in [-0.2, 0) is 6.54 Å². The number of pyridine rings is 1. The predicted octanol–water partition coefficient (Wildman–Crippen LogP) is 4.91. The standard InChI is InChI=1S/C16H18ClFN2S/c1-16(2,3)20-10-11-13(18)7-4-8-14(11)21-15-12(17)6-5-9-19-15/h4-9,20H,10H2,1-3H3. The van der Waals surface area contributed by atoms with Crippen molar-refractivity contribution in [2.45, 2.75) is 42.8 Å².